The molecule has 1 aliphatic rings. The van der Waals surface area contributed by atoms with Crippen LogP contribution in [-0.2, 0) is 9.63 Å². The zero-order valence-corrected chi connectivity index (χ0v) is 10.9. The fourth-order valence-electron chi connectivity index (χ4n) is 1.58. The summed E-state index contributed by atoms with van der Waals surface area (Å²) in [5.41, 5.74) is 0.704. The van der Waals surface area contributed by atoms with Crippen LogP contribution in [0.3, 0.4) is 0 Å². The van der Waals surface area contributed by atoms with Gasteiger partial charge in [-0.3, -0.25) is 14.6 Å². The van der Waals surface area contributed by atoms with Crippen molar-refractivity contribution in [3.63, 3.8) is 0 Å². The van der Waals surface area contributed by atoms with E-state index in [2.05, 4.69) is 4.99 Å². The van der Waals surface area contributed by atoms with E-state index in [1.54, 1.807) is 19.2 Å². The molecule has 6 heteroatoms. The highest BCUT2D eigenvalue weighted by Gasteiger charge is 2.28. The van der Waals surface area contributed by atoms with Gasteiger partial charge in [0.25, 0.3) is 5.91 Å². The predicted octanol–water partition coefficient (Wildman–Crippen LogP) is 1.71. The molecular weight excluding hydrogens is 255 g/mol. The van der Waals surface area contributed by atoms with Crippen LogP contribution in [0.1, 0.15) is 5.56 Å². The second-order valence-electron chi connectivity index (χ2n) is 3.79. The number of halogens is 1. The second kappa shape index (κ2) is 5.49. The van der Waals surface area contributed by atoms with Gasteiger partial charge >= 0.3 is 0 Å². The van der Waals surface area contributed by atoms with Gasteiger partial charge in [0.15, 0.2) is 0 Å². The number of likely N-dealkylation sites (N-methyl/N-ethyl adjacent to an activating group) is 1. The van der Waals surface area contributed by atoms with Crippen LogP contribution < -0.4 is 0 Å². The second-order valence-corrected chi connectivity index (χ2v) is 4.80. The summed E-state index contributed by atoms with van der Waals surface area (Å²) in [4.78, 5) is 21.0. The molecule has 1 aromatic carbocycles. The van der Waals surface area contributed by atoms with Crippen LogP contribution in [0.4, 0.5) is 4.39 Å². The Kier molecular flexibility index (Phi) is 3.98. The summed E-state index contributed by atoms with van der Waals surface area (Å²) in [6.07, 6.45) is 0. The maximum absolute atomic E-state index is 13.1. The zero-order chi connectivity index (χ0) is 13.1. The van der Waals surface area contributed by atoms with E-state index in [9.17, 15) is 9.18 Å². The third-order valence-electron chi connectivity index (χ3n) is 2.59. The van der Waals surface area contributed by atoms with Gasteiger partial charge < -0.3 is 0 Å². The van der Waals surface area contributed by atoms with Gasteiger partial charge in [0.1, 0.15) is 11.9 Å². The Hall–Kier alpha value is -1.40. The molecule has 1 amide bonds. The van der Waals surface area contributed by atoms with Crippen molar-refractivity contribution in [3.8, 4) is 0 Å². The minimum atomic E-state index is -0.460. The normalized spacial score (nSPS) is 18.6. The molecule has 0 fully saturated rings. The Bertz CT molecular complexity index is 493. The van der Waals surface area contributed by atoms with Crippen molar-refractivity contribution in [1.29, 1.82) is 0 Å². The monoisotopic (exact) mass is 268 g/mol. The largest absolute Gasteiger partial charge is 0.274 e. The van der Waals surface area contributed by atoms with Gasteiger partial charge in [-0.15, -0.1) is 11.8 Å². The molecule has 18 heavy (non-hydrogen) atoms. The average molecular weight is 268 g/mol. The Morgan fingerprint density at radius 2 is 2.39 bits per heavy atom. The Morgan fingerprint density at radius 3 is 3.06 bits per heavy atom. The first-order chi connectivity index (χ1) is 8.61. The van der Waals surface area contributed by atoms with E-state index < -0.39 is 6.04 Å². The van der Waals surface area contributed by atoms with E-state index >= 15 is 0 Å². The number of amides is 1. The summed E-state index contributed by atoms with van der Waals surface area (Å²) in [6.45, 7) is 0. The van der Waals surface area contributed by atoms with E-state index in [1.807, 2.05) is 0 Å². The summed E-state index contributed by atoms with van der Waals surface area (Å²) in [5.74, 6) is 0.0502. The first kappa shape index (κ1) is 13.0. The molecule has 0 spiro atoms. The molecule has 2 rings (SSSR count). The van der Waals surface area contributed by atoms with Gasteiger partial charge in [-0.2, -0.15) is 0 Å². The first-order valence-electron chi connectivity index (χ1n) is 5.40. The SMILES string of the molecule is CON(C)C(=O)C1CSC(c2cccc(F)c2)=N1. The van der Waals surface area contributed by atoms with Crippen LogP contribution >= 0.6 is 11.8 Å². The molecule has 0 aromatic heterocycles. The fraction of sp³-hybridized carbons (Fsp3) is 0.333. The van der Waals surface area contributed by atoms with Crippen LogP contribution in [0.15, 0.2) is 29.3 Å². The number of hydrogen-bond donors (Lipinski definition) is 0. The molecule has 1 aromatic rings. The molecule has 0 aliphatic carbocycles. The van der Waals surface area contributed by atoms with E-state index in [4.69, 9.17) is 4.84 Å². The van der Waals surface area contributed by atoms with Crippen molar-refractivity contribution >= 4 is 22.7 Å². The number of nitrogens with zero attached hydrogens (tertiary/aromatic N) is 2. The van der Waals surface area contributed by atoms with Crippen LogP contribution in [0.2, 0.25) is 0 Å². The van der Waals surface area contributed by atoms with Gasteiger partial charge in [-0.25, -0.2) is 9.45 Å². The third kappa shape index (κ3) is 2.70. The van der Waals surface area contributed by atoms with Crippen LogP contribution in [-0.4, -0.2) is 42.0 Å². The molecule has 4 nitrogen and oxygen atoms in total. The van der Waals surface area contributed by atoms with Crippen molar-refractivity contribution in [1.82, 2.24) is 5.06 Å². The lowest BCUT2D eigenvalue weighted by molar-refractivity contribution is -0.169. The molecule has 0 N–H and O–H groups in total. The number of benzene rings is 1. The van der Waals surface area contributed by atoms with E-state index in [-0.39, 0.29) is 11.7 Å². The smallest absolute Gasteiger partial charge is 0.271 e. The maximum atomic E-state index is 13.1. The Labute approximate surface area is 109 Å². The average Bonchev–Trinajstić information content (AvgIpc) is 2.86. The molecule has 1 atom stereocenters. The van der Waals surface area contributed by atoms with Crippen molar-refractivity contribution in [2.24, 2.45) is 4.99 Å². The van der Waals surface area contributed by atoms with Crippen LogP contribution in [0, 0.1) is 5.82 Å². The fourth-order valence-corrected chi connectivity index (χ4v) is 2.61. The minimum Gasteiger partial charge on any atom is -0.274 e. The number of hydroxylamine groups is 2. The van der Waals surface area contributed by atoms with Gasteiger partial charge in [0.2, 0.25) is 0 Å². The van der Waals surface area contributed by atoms with Crippen LogP contribution in [0.5, 0.6) is 0 Å². The zero-order valence-electron chi connectivity index (χ0n) is 10.1. The van der Waals surface area contributed by atoms with Crippen molar-refractivity contribution < 1.29 is 14.0 Å². The van der Waals surface area contributed by atoms with Crippen LogP contribution in [0.25, 0.3) is 0 Å². The molecule has 0 saturated heterocycles. The highest BCUT2D eigenvalue weighted by atomic mass is 32.2. The summed E-state index contributed by atoms with van der Waals surface area (Å²) in [7, 11) is 2.97. The van der Waals surface area contributed by atoms with Gasteiger partial charge in [0, 0.05) is 18.4 Å². The lowest BCUT2D eigenvalue weighted by Gasteiger charge is -2.15. The summed E-state index contributed by atoms with van der Waals surface area (Å²) in [5, 5.41) is 1.85. The number of rotatable bonds is 3. The Balaban J connectivity index is 2.16. The molecule has 0 saturated carbocycles. The van der Waals surface area contributed by atoms with E-state index in [0.29, 0.717) is 16.4 Å². The number of carbonyl (C=O) groups excluding carboxylic acids is 1. The minimum absolute atomic E-state index is 0.198. The molecule has 1 aliphatic heterocycles. The molecule has 1 heterocycles. The van der Waals surface area contributed by atoms with Gasteiger partial charge in [-0.1, -0.05) is 12.1 Å². The molecule has 0 bridgehead atoms. The molecule has 96 valence electrons. The third-order valence-corrected chi connectivity index (χ3v) is 3.69. The molecular formula is C12H13FN2O2S. The van der Waals surface area contributed by atoms with Crippen molar-refractivity contribution in [2.45, 2.75) is 6.04 Å². The summed E-state index contributed by atoms with van der Waals surface area (Å²) >= 11 is 1.45. The topological polar surface area (TPSA) is 41.9 Å². The van der Waals surface area contributed by atoms with E-state index in [0.717, 1.165) is 5.06 Å². The van der Waals surface area contributed by atoms with Crippen molar-refractivity contribution in [3.05, 3.63) is 35.6 Å². The lowest BCUT2D eigenvalue weighted by Crippen LogP contribution is -2.34. The number of thioether (sulfide) groups is 1. The quantitative estimate of drug-likeness (QED) is 0.784. The Morgan fingerprint density at radius 1 is 1.61 bits per heavy atom. The number of carbonyl (C=O) groups is 1. The highest BCUT2D eigenvalue weighted by molar-refractivity contribution is 8.14. The molecule has 1 unspecified atom stereocenters. The standard InChI is InChI=1S/C12H13FN2O2S/c1-15(17-2)12(16)10-7-18-11(14-10)8-4-3-5-9(13)6-8/h3-6,10H,7H2,1-2H3. The van der Waals surface area contributed by atoms with Gasteiger partial charge in [-0.05, 0) is 12.1 Å². The lowest BCUT2D eigenvalue weighted by atomic mass is 10.2. The summed E-state index contributed by atoms with van der Waals surface area (Å²) in [6, 6.07) is 5.74. The van der Waals surface area contributed by atoms with E-state index in [1.165, 1.54) is 31.0 Å². The predicted molar refractivity (Wildman–Crippen MR) is 69.0 cm³/mol. The maximum Gasteiger partial charge on any atom is 0.271 e. The molecule has 0 radical (unpaired) electrons. The number of aliphatic imine (C=N–C) groups is 1. The summed E-state index contributed by atoms with van der Waals surface area (Å²) < 4.78 is 13.1. The van der Waals surface area contributed by atoms with Gasteiger partial charge in [0.05, 0.1) is 12.2 Å². The first-order valence-corrected chi connectivity index (χ1v) is 6.38. The number of hydrogen-bond acceptors (Lipinski definition) is 4. The highest BCUT2D eigenvalue weighted by Crippen LogP contribution is 2.24. The van der Waals surface area contributed by atoms with Crippen molar-refractivity contribution in [2.75, 3.05) is 19.9 Å².